The maximum Gasteiger partial charge on any atom is 0.253 e. The van der Waals surface area contributed by atoms with Crippen LogP contribution in [0.15, 0.2) is 52.0 Å². The van der Waals surface area contributed by atoms with Gasteiger partial charge in [0.2, 0.25) is 16.0 Å². The van der Waals surface area contributed by atoms with Gasteiger partial charge in [0.25, 0.3) is 5.91 Å². The van der Waals surface area contributed by atoms with Gasteiger partial charge in [-0.25, -0.2) is 22.5 Å². The maximum atomic E-state index is 14.1. The minimum Gasteiger partial charge on any atom is -0.365 e. The Morgan fingerprint density at radius 2 is 1.91 bits per heavy atom. The first kappa shape index (κ1) is 24.6. The zero-order valence-electron chi connectivity index (χ0n) is 18.0. The van der Waals surface area contributed by atoms with Crippen molar-refractivity contribution in [2.24, 2.45) is 5.73 Å². The molecule has 2 aromatic carbocycles. The molecule has 3 aromatic rings. The van der Waals surface area contributed by atoms with Crippen molar-refractivity contribution in [2.45, 2.75) is 31.7 Å². The number of nitrogens with two attached hydrogens (primary N) is 1. The number of nitrogens with one attached hydrogen (secondary N) is 3. The van der Waals surface area contributed by atoms with Crippen LogP contribution < -0.4 is 21.1 Å². The van der Waals surface area contributed by atoms with Crippen LogP contribution in [0.1, 0.15) is 29.8 Å². The number of hydrogen-bond donors (Lipinski definition) is 4. The number of sulfonamides is 1. The third-order valence-corrected chi connectivity index (χ3v) is 6.77. The van der Waals surface area contributed by atoms with Crippen molar-refractivity contribution in [2.75, 3.05) is 10.6 Å². The SMILES string of the molecule is Cc1cc(Nc2ncc(Br)c(Nc3cccc(F)c3C(N)=O)n2)ccc1S(=O)(=O)NC(C)C. The molecule has 174 valence electrons. The number of aryl methyl sites for hydroxylation is 1. The second kappa shape index (κ2) is 9.81. The van der Waals surface area contributed by atoms with E-state index in [0.29, 0.717) is 15.7 Å². The van der Waals surface area contributed by atoms with Crippen molar-refractivity contribution in [1.82, 2.24) is 14.7 Å². The lowest BCUT2D eigenvalue weighted by molar-refractivity contribution is 0.0997. The molecule has 0 radical (unpaired) electrons. The van der Waals surface area contributed by atoms with Crippen molar-refractivity contribution in [1.29, 1.82) is 0 Å². The molecule has 33 heavy (non-hydrogen) atoms. The average Bonchev–Trinajstić information content (AvgIpc) is 2.69. The molecule has 0 bridgehead atoms. The summed E-state index contributed by atoms with van der Waals surface area (Å²) in [7, 11) is -3.64. The van der Waals surface area contributed by atoms with Gasteiger partial charge in [-0.2, -0.15) is 4.98 Å². The second-order valence-corrected chi connectivity index (χ2v) is 9.96. The Kier molecular flexibility index (Phi) is 7.30. The Labute approximate surface area is 199 Å². The molecule has 0 aliphatic heterocycles. The summed E-state index contributed by atoms with van der Waals surface area (Å²) in [5, 5.41) is 5.88. The lowest BCUT2D eigenvalue weighted by Crippen LogP contribution is -2.30. The Hall–Kier alpha value is -3.09. The number of hydrogen-bond acceptors (Lipinski definition) is 7. The molecule has 0 aliphatic rings. The van der Waals surface area contributed by atoms with Crippen LogP contribution in [0.5, 0.6) is 0 Å². The number of primary amides is 1. The van der Waals surface area contributed by atoms with E-state index in [1.807, 2.05) is 0 Å². The van der Waals surface area contributed by atoms with Crippen molar-refractivity contribution in [3.63, 3.8) is 0 Å². The number of carbonyl (C=O) groups is 1. The second-order valence-electron chi connectivity index (χ2n) is 7.42. The summed E-state index contributed by atoms with van der Waals surface area (Å²) < 4.78 is 42.0. The summed E-state index contributed by atoms with van der Waals surface area (Å²) in [4.78, 5) is 20.4. The van der Waals surface area contributed by atoms with Gasteiger partial charge in [0.15, 0.2) is 0 Å². The highest BCUT2D eigenvalue weighted by Gasteiger charge is 2.19. The highest BCUT2D eigenvalue weighted by Crippen LogP contribution is 2.28. The molecule has 0 spiro atoms. The van der Waals surface area contributed by atoms with Crippen LogP contribution in [0, 0.1) is 12.7 Å². The van der Waals surface area contributed by atoms with E-state index in [0.717, 1.165) is 6.07 Å². The van der Waals surface area contributed by atoms with E-state index in [4.69, 9.17) is 5.73 Å². The molecule has 0 saturated carbocycles. The molecular weight excluding hydrogens is 515 g/mol. The average molecular weight is 537 g/mol. The first-order valence-corrected chi connectivity index (χ1v) is 12.0. The van der Waals surface area contributed by atoms with E-state index in [9.17, 15) is 17.6 Å². The molecule has 3 rings (SSSR count). The van der Waals surface area contributed by atoms with Gasteiger partial charge in [0.05, 0.1) is 20.6 Å². The first-order chi connectivity index (χ1) is 15.5. The van der Waals surface area contributed by atoms with E-state index >= 15 is 0 Å². The Bertz CT molecular complexity index is 1320. The zero-order chi connectivity index (χ0) is 24.3. The van der Waals surface area contributed by atoms with Crippen LogP contribution >= 0.6 is 15.9 Å². The molecule has 1 amide bonds. The molecule has 12 heteroatoms. The lowest BCUT2D eigenvalue weighted by Gasteiger charge is -2.14. The fourth-order valence-electron chi connectivity index (χ4n) is 3.05. The standard InChI is InChI=1S/C21H22BrFN6O3S/c1-11(2)29-33(31,32)17-8-7-13(9-12(17)3)26-21-25-10-14(22)20(28-21)27-16-6-4-5-15(23)18(16)19(24)30/h4-11,29H,1-3H3,(H2,24,30)(H2,25,26,27,28). The van der Waals surface area contributed by atoms with Crippen molar-refractivity contribution >= 4 is 55.0 Å². The molecule has 0 saturated heterocycles. The molecule has 5 N–H and O–H groups in total. The van der Waals surface area contributed by atoms with Crippen LogP contribution in [0.25, 0.3) is 0 Å². The van der Waals surface area contributed by atoms with Crippen LogP contribution in [0.2, 0.25) is 0 Å². The van der Waals surface area contributed by atoms with Crippen LogP contribution in [-0.2, 0) is 10.0 Å². The minimum absolute atomic E-state index is 0.149. The molecule has 1 aromatic heterocycles. The Morgan fingerprint density at radius 1 is 1.18 bits per heavy atom. The van der Waals surface area contributed by atoms with E-state index in [1.54, 1.807) is 32.9 Å². The number of nitrogens with zero attached hydrogens (tertiary/aromatic N) is 2. The molecule has 0 unspecified atom stereocenters. The number of aromatic nitrogens is 2. The van der Waals surface area contributed by atoms with Crippen molar-refractivity contribution in [3.8, 4) is 0 Å². The summed E-state index contributed by atoms with van der Waals surface area (Å²) in [6.07, 6.45) is 1.47. The van der Waals surface area contributed by atoms with Gasteiger partial charge in [-0.05, 0) is 72.6 Å². The van der Waals surface area contributed by atoms with E-state index < -0.39 is 21.7 Å². The smallest absolute Gasteiger partial charge is 0.253 e. The number of halogens is 2. The predicted molar refractivity (Wildman–Crippen MR) is 128 cm³/mol. The summed E-state index contributed by atoms with van der Waals surface area (Å²) in [5.41, 5.74) is 6.26. The number of benzene rings is 2. The minimum atomic E-state index is -3.64. The molecule has 9 nitrogen and oxygen atoms in total. The largest absolute Gasteiger partial charge is 0.365 e. The fraction of sp³-hybridized carbons (Fsp3) is 0.190. The molecule has 0 atom stereocenters. The van der Waals surface area contributed by atoms with E-state index in [-0.39, 0.29) is 34.0 Å². The van der Waals surface area contributed by atoms with Gasteiger partial charge in [0.1, 0.15) is 11.6 Å². The lowest BCUT2D eigenvalue weighted by atomic mass is 10.1. The normalized spacial score (nSPS) is 11.5. The Morgan fingerprint density at radius 3 is 2.55 bits per heavy atom. The molecular formula is C21H22BrFN6O3S. The third kappa shape index (κ3) is 5.83. The summed E-state index contributed by atoms with van der Waals surface area (Å²) in [6, 6.07) is 8.58. The quantitative estimate of drug-likeness (QED) is 0.341. The van der Waals surface area contributed by atoms with Gasteiger partial charge in [-0.15, -0.1) is 0 Å². The Balaban J connectivity index is 1.88. The van der Waals surface area contributed by atoms with E-state index in [1.165, 1.54) is 24.4 Å². The van der Waals surface area contributed by atoms with Crippen molar-refractivity contribution in [3.05, 3.63) is 64.0 Å². The van der Waals surface area contributed by atoms with Gasteiger partial charge in [0, 0.05) is 17.9 Å². The van der Waals surface area contributed by atoms with Crippen molar-refractivity contribution < 1.29 is 17.6 Å². The summed E-state index contributed by atoms with van der Waals surface area (Å²) in [5.74, 6) is -1.23. The number of anilines is 4. The van der Waals surface area contributed by atoms with Crippen LogP contribution in [-0.4, -0.2) is 30.3 Å². The van der Waals surface area contributed by atoms with Crippen LogP contribution in [0.3, 0.4) is 0 Å². The topological polar surface area (TPSA) is 139 Å². The van der Waals surface area contributed by atoms with Gasteiger partial charge in [-0.1, -0.05) is 6.07 Å². The first-order valence-electron chi connectivity index (χ1n) is 9.76. The summed E-state index contributed by atoms with van der Waals surface area (Å²) in [6.45, 7) is 5.18. The van der Waals surface area contributed by atoms with Gasteiger partial charge in [-0.3, -0.25) is 4.79 Å². The maximum absolute atomic E-state index is 14.1. The third-order valence-electron chi connectivity index (χ3n) is 4.37. The highest BCUT2D eigenvalue weighted by molar-refractivity contribution is 9.10. The molecule has 0 fully saturated rings. The molecule has 1 heterocycles. The van der Waals surface area contributed by atoms with Crippen LogP contribution in [0.4, 0.5) is 27.5 Å². The predicted octanol–water partition coefficient (Wildman–Crippen LogP) is 3.96. The number of amides is 1. The highest BCUT2D eigenvalue weighted by atomic mass is 79.9. The molecule has 0 aliphatic carbocycles. The van der Waals surface area contributed by atoms with Gasteiger partial charge >= 0.3 is 0 Å². The van der Waals surface area contributed by atoms with Gasteiger partial charge < -0.3 is 16.4 Å². The monoisotopic (exact) mass is 536 g/mol. The number of rotatable bonds is 8. The van der Waals surface area contributed by atoms with E-state index in [2.05, 4.69) is 41.3 Å². The fourth-order valence-corrected chi connectivity index (χ4v) is 4.82. The number of carbonyl (C=O) groups excluding carboxylic acids is 1. The summed E-state index contributed by atoms with van der Waals surface area (Å²) >= 11 is 3.32. The zero-order valence-corrected chi connectivity index (χ0v) is 20.4.